The van der Waals surface area contributed by atoms with Crippen molar-refractivity contribution in [2.75, 3.05) is 19.6 Å². The third-order valence-electron chi connectivity index (χ3n) is 5.26. The van der Waals surface area contributed by atoms with E-state index in [4.69, 9.17) is 0 Å². The maximum absolute atomic E-state index is 12.6. The molecule has 2 amide bonds. The molecule has 3 heterocycles. The number of fused-ring (bicyclic) bond motifs is 1. The van der Waals surface area contributed by atoms with Gasteiger partial charge in [0.15, 0.2) is 5.82 Å². The van der Waals surface area contributed by atoms with Gasteiger partial charge in [0.05, 0.1) is 0 Å². The van der Waals surface area contributed by atoms with Gasteiger partial charge in [0.2, 0.25) is 11.8 Å². The van der Waals surface area contributed by atoms with Crippen molar-refractivity contribution in [2.24, 2.45) is 11.8 Å². The topological polar surface area (TPSA) is 82.2 Å². The zero-order valence-electron chi connectivity index (χ0n) is 15.5. The Kier molecular flexibility index (Phi) is 5.39. The van der Waals surface area contributed by atoms with Crippen LogP contribution < -0.4 is 0 Å². The molecule has 0 aromatic carbocycles. The van der Waals surface area contributed by atoms with Crippen LogP contribution in [0.4, 0.5) is 0 Å². The van der Waals surface area contributed by atoms with Gasteiger partial charge < -0.3 is 9.80 Å². The molecule has 2 aliphatic rings. The lowest BCUT2D eigenvalue weighted by Crippen LogP contribution is -2.57. The number of likely N-dealkylation sites (tertiary alicyclic amines) is 2. The number of aromatic amines is 1. The normalized spacial score (nSPS) is 23.9. The number of aromatic nitrogens is 3. The largest absolute Gasteiger partial charge is 0.342 e. The molecule has 1 N–H and O–H groups in total. The van der Waals surface area contributed by atoms with E-state index < -0.39 is 0 Å². The van der Waals surface area contributed by atoms with E-state index in [0.717, 1.165) is 38.3 Å². The highest BCUT2D eigenvalue weighted by Gasteiger charge is 2.40. The molecule has 3 rings (SSSR count). The third kappa shape index (κ3) is 4.19. The molecule has 1 aromatic heterocycles. The van der Waals surface area contributed by atoms with Gasteiger partial charge in [-0.2, -0.15) is 5.10 Å². The van der Waals surface area contributed by atoms with Gasteiger partial charge in [-0.05, 0) is 31.6 Å². The summed E-state index contributed by atoms with van der Waals surface area (Å²) in [5.41, 5.74) is 0. The monoisotopic (exact) mass is 347 g/mol. The van der Waals surface area contributed by atoms with Crippen LogP contribution in [-0.4, -0.2) is 62.5 Å². The number of piperidine rings is 2. The highest BCUT2D eigenvalue weighted by atomic mass is 16.2. The van der Waals surface area contributed by atoms with Crippen LogP contribution in [0.15, 0.2) is 0 Å². The molecule has 0 spiro atoms. The average molecular weight is 347 g/mol. The highest BCUT2D eigenvalue weighted by molar-refractivity contribution is 5.78. The second-order valence-corrected chi connectivity index (χ2v) is 7.77. The third-order valence-corrected chi connectivity index (χ3v) is 5.26. The van der Waals surface area contributed by atoms with E-state index in [9.17, 15) is 9.59 Å². The molecule has 2 aliphatic heterocycles. The molecular weight excluding hydrogens is 318 g/mol. The summed E-state index contributed by atoms with van der Waals surface area (Å²) in [7, 11) is 0. The first kappa shape index (κ1) is 17.9. The van der Waals surface area contributed by atoms with Crippen molar-refractivity contribution >= 4 is 11.8 Å². The Balaban J connectivity index is 1.55. The molecular formula is C18H29N5O2. The Morgan fingerprint density at radius 1 is 1.36 bits per heavy atom. The van der Waals surface area contributed by atoms with Crippen LogP contribution in [-0.2, 0) is 16.0 Å². The van der Waals surface area contributed by atoms with Gasteiger partial charge in [-0.25, -0.2) is 4.98 Å². The van der Waals surface area contributed by atoms with Gasteiger partial charge in [-0.3, -0.25) is 14.7 Å². The molecule has 0 radical (unpaired) electrons. The van der Waals surface area contributed by atoms with Gasteiger partial charge in [-0.1, -0.05) is 13.8 Å². The van der Waals surface area contributed by atoms with E-state index in [0.29, 0.717) is 43.0 Å². The minimum Gasteiger partial charge on any atom is -0.342 e. The fourth-order valence-electron chi connectivity index (χ4n) is 4.09. The van der Waals surface area contributed by atoms with Crippen LogP contribution in [0.3, 0.4) is 0 Å². The fraction of sp³-hybridized carbons (Fsp3) is 0.778. The standard InChI is InChI=1S/C18H29N5O2/c1-12(2)10-23-15-8-9-22(11-14(15)4-6-18(23)25)17(24)7-5-16-19-13(3)20-21-16/h12,14-15H,4-11H2,1-3H3,(H,19,20,21)/t14-,15+/m0/s1. The predicted molar refractivity (Wildman–Crippen MR) is 93.7 cm³/mol. The van der Waals surface area contributed by atoms with Crippen molar-refractivity contribution < 1.29 is 9.59 Å². The van der Waals surface area contributed by atoms with Gasteiger partial charge >= 0.3 is 0 Å². The summed E-state index contributed by atoms with van der Waals surface area (Å²) in [4.78, 5) is 33.2. The Morgan fingerprint density at radius 3 is 2.84 bits per heavy atom. The quantitative estimate of drug-likeness (QED) is 0.876. The molecule has 2 saturated heterocycles. The Morgan fingerprint density at radius 2 is 2.16 bits per heavy atom. The minimum atomic E-state index is 0.174. The zero-order valence-corrected chi connectivity index (χ0v) is 15.5. The fourth-order valence-corrected chi connectivity index (χ4v) is 4.09. The number of rotatable bonds is 5. The van der Waals surface area contributed by atoms with E-state index in [1.165, 1.54) is 0 Å². The Hall–Kier alpha value is -1.92. The van der Waals surface area contributed by atoms with Crippen molar-refractivity contribution in [1.82, 2.24) is 25.0 Å². The maximum Gasteiger partial charge on any atom is 0.223 e. The average Bonchev–Trinajstić information content (AvgIpc) is 3.00. The van der Waals surface area contributed by atoms with Crippen molar-refractivity contribution in [3.05, 3.63) is 11.6 Å². The van der Waals surface area contributed by atoms with Crippen LogP contribution in [0.25, 0.3) is 0 Å². The summed E-state index contributed by atoms with van der Waals surface area (Å²) in [5, 5.41) is 6.90. The summed E-state index contributed by atoms with van der Waals surface area (Å²) < 4.78 is 0. The number of H-pyrrole nitrogens is 1. The molecule has 0 saturated carbocycles. The van der Waals surface area contributed by atoms with Gasteiger partial charge in [0, 0.05) is 44.9 Å². The number of hydrogen-bond acceptors (Lipinski definition) is 4. The SMILES string of the molecule is Cc1nc(CCC(=O)N2CC[C@@H]3[C@@H](CCC(=O)N3CC(C)C)C2)n[nH]1. The molecule has 0 bridgehead atoms. The summed E-state index contributed by atoms with van der Waals surface area (Å²) in [6.45, 7) is 8.52. The maximum atomic E-state index is 12.6. The van der Waals surface area contributed by atoms with Crippen LogP contribution in [0.1, 0.15) is 51.2 Å². The van der Waals surface area contributed by atoms with Crippen molar-refractivity contribution in [3.8, 4) is 0 Å². The van der Waals surface area contributed by atoms with Crippen molar-refractivity contribution in [3.63, 3.8) is 0 Å². The number of amides is 2. The minimum absolute atomic E-state index is 0.174. The molecule has 0 aliphatic carbocycles. The molecule has 0 unspecified atom stereocenters. The number of carbonyl (C=O) groups is 2. The first-order valence-electron chi connectivity index (χ1n) is 9.39. The smallest absolute Gasteiger partial charge is 0.223 e. The molecule has 7 heteroatoms. The van der Waals surface area contributed by atoms with Crippen molar-refractivity contribution in [2.45, 2.75) is 58.9 Å². The Labute approximate surface area is 149 Å². The Bertz CT molecular complexity index is 627. The second kappa shape index (κ2) is 7.54. The summed E-state index contributed by atoms with van der Waals surface area (Å²) in [6, 6.07) is 0.309. The number of nitrogens with zero attached hydrogens (tertiary/aromatic N) is 4. The molecule has 1 aromatic rings. The van der Waals surface area contributed by atoms with Crippen LogP contribution in [0.2, 0.25) is 0 Å². The lowest BCUT2D eigenvalue weighted by atomic mass is 9.83. The molecule has 7 nitrogen and oxygen atoms in total. The number of aryl methyl sites for hydroxylation is 2. The number of hydrogen-bond donors (Lipinski definition) is 1. The van der Waals surface area contributed by atoms with Gasteiger partial charge in [0.25, 0.3) is 0 Å². The first-order valence-corrected chi connectivity index (χ1v) is 9.39. The van der Waals surface area contributed by atoms with Gasteiger partial charge in [-0.15, -0.1) is 0 Å². The number of nitrogens with one attached hydrogen (secondary N) is 1. The van der Waals surface area contributed by atoms with Gasteiger partial charge in [0.1, 0.15) is 5.82 Å². The second-order valence-electron chi connectivity index (χ2n) is 7.77. The number of carbonyl (C=O) groups excluding carboxylic acids is 2. The van der Waals surface area contributed by atoms with E-state index in [2.05, 4.69) is 33.9 Å². The first-order chi connectivity index (χ1) is 11.9. The molecule has 2 fully saturated rings. The lowest BCUT2D eigenvalue weighted by Gasteiger charge is -2.47. The van der Waals surface area contributed by atoms with E-state index in [1.54, 1.807) is 0 Å². The lowest BCUT2D eigenvalue weighted by molar-refractivity contribution is -0.144. The van der Waals surface area contributed by atoms with Crippen LogP contribution in [0.5, 0.6) is 0 Å². The van der Waals surface area contributed by atoms with E-state index in [1.807, 2.05) is 11.8 Å². The van der Waals surface area contributed by atoms with Crippen molar-refractivity contribution in [1.29, 1.82) is 0 Å². The van der Waals surface area contributed by atoms with Crippen LogP contribution >= 0.6 is 0 Å². The molecule has 2 atom stereocenters. The highest BCUT2D eigenvalue weighted by Crippen LogP contribution is 2.32. The van der Waals surface area contributed by atoms with E-state index >= 15 is 0 Å². The van der Waals surface area contributed by atoms with E-state index in [-0.39, 0.29) is 11.8 Å². The molecule has 25 heavy (non-hydrogen) atoms. The molecule has 138 valence electrons. The van der Waals surface area contributed by atoms with Crippen LogP contribution in [0, 0.1) is 18.8 Å². The summed E-state index contributed by atoms with van der Waals surface area (Å²) in [6.07, 6.45) is 3.44. The summed E-state index contributed by atoms with van der Waals surface area (Å²) in [5.74, 6) is 2.84. The zero-order chi connectivity index (χ0) is 18.0. The summed E-state index contributed by atoms with van der Waals surface area (Å²) >= 11 is 0. The predicted octanol–water partition coefficient (Wildman–Crippen LogP) is 1.54.